The highest BCUT2D eigenvalue weighted by Crippen LogP contribution is 2.17. The van der Waals surface area contributed by atoms with Crippen LogP contribution < -0.4 is 10.6 Å². The largest absolute Gasteiger partial charge is 0.356 e. The molecule has 2 nitrogen and oxygen atoms in total. The second kappa shape index (κ2) is 7.18. The molecule has 2 N–H and O–H groups in total. The van der Waals surface area contributed by atoms with Crippen LogP contribution in [-0.4, -0.2) is 5.11 Å². The van der Waals surface area contributed by atoms with E-state index in [1.54, 1.807) is 12.1 Å². The first kappa shape index (κ1) is 15.4. The molecule has 1 atom stereocenters. The predicted octanol–water partition coefficient (Wildman–Crippen LogP) is 4.57. The van der Waals surface area contributed by atoms with Crippen molar-refractivity contribution in [1.82, 2.24) is 5.32 Å². The minimum absolute atomic E-state index is 0.138. The Morgan fingerprint density at radius 2 is 1.90 bits per heavy atom. The van der Waals surface area contributed by atoms with Crippen LogP contribution in [-0.2, 0) is 0 Å². The quantitative estimate of drug-likeness (QED) is 0.809. The van der Waals surface area contributed by atoms with Gasteiger partial charge in [-0.3, -0.25) is 0 Å². The monoisotopic (exact) mass is 302 g/mol. The predicted molar refractivity (Wildman–Crippen MR) is 90.0 cm³/mol. The zero-order valence-corrected chi connectivity index (χ0v) is 13.0. The molecule has 2 aromatic rings. The maximum Gasteiger partial charge on any atom is 0.171 e. The Kier molecular flexibility index (Phi) is 5.28. The van der Waals surface area contributed by atoms with Crippen molar-refractivity contribution in [3.05, 3.63) is 65.5 Å². The number of halogens is 1. The molecule has 0 aromatic heterocycles. The summed E-state index contributed by atoms with van der Waals surface area (Å²) >= 11 is 5.30. The Bertz CT molecular complexity index is 610. The number of anilines is 1. The highest BCUT2D eigenvalue weighted by molar-refractivity contribution is 7.80. The first-order valence-corrected chi connectivity index (χ1v) is 7.39. The van der Waals surface area contributed by atoms with Crippen LogP contribution in [0.1, 0.15) is 30.5 Å². The standard InChI is InChI=1S/C17H19FN2S/c1-3-16(13-9-7-12(2)8-10-13)20-17(21)19-15-6-4-5-14(18)11-15/h4-11,16H,3H2,1-2H3,(H2,19,20,21). The van der Waals surface area contributed by atoms with Crippen LogP contribution in [0.3, 0.4) is 0 Å². The lowest BCUT2D eigenvalue weighted by atomic mass is 10.0. The molecule has 110 valence electrons. The van der Waals surface area contributed by atoms with E-state index >= 15 is 0 Å². The van der Waals surface area contributed by atoms with Crippen LogP contribution in [0.25, 0.3) is 0 Å². The van der Waals surface area contributed by atoms with E-state index in [2.05, 4.69) is 48.7 Å². The van der Waals surface area contributed by atoms with E-state index in [0.29, 0.717) is 10.8 Å². The Hall–Kier alpha value is -1.94. The third-order valence-corrected chi connectivity index (χ3v) is 3.50. The summed E-state index contributed by atoms with van der Waals surface area (Å²) in [6.07, 6.45) is 0.911. The smallest absolute Gasteiger partial charge is 0.171 e. The minimum Gasteiger partial charge on any atom is -0.356 e. The van der Waals surface area contributed by atoms with Gasteiger partial charge in [-0.25, -0.2) is 4.39 Å². The molecule has 0 aliphatic rings. The van der Waals surface area contributed by atoms with Crippen LogP contribution in [0.5, 0.6) is 0 Å². The highest BCUT2D eigenvalue weighted by atomic mass is 32.1. The number of hydrogen-bond acceptors (Lipinski definition) is 1. The van der Waals surface area contributed by atoms with Crippen molar-refractivity contribution in [2.45, 2.75) is 26.3 Å². The molecule has 0 saturated heterocycles. The third kappa shape index (κ3) is 4.53. The summed E-state index contributed by atoms with van der Waals surface area (Å²) in [4.78, 5) is 0. The van der Waals surface area contributed by atoms with Gasteiger partial charge in [-0.05, 0) is 49.3 Å². The molecule has 0 radical (unpaired) electrons. The van der Waals surface area contributed by atoms with Crippen molar-refractivity contribution in [3.63, 3.8) is 0 Å². The Morgan fingerprint density at radius 3 is 2.52 bits per heavy atom. The summed E-state index contributed by atoms with van der Waals surface area (Å²) in [7, 11) is 0. The van der Waals surface area contributed by atoms with Crippen molar-refractivity contribution in [3.8, 4) is 0 Å². The van der Waals surface area contributed by atoms with E-state index in [0.717, 1.165) is 6.42 Å². The van der Waals surface area contributed by atoms with Crippen LogP contribution in [0.2, 0.25) is 0 Å². The van der Waals surface area contributed by atoms with Gasteiger partial charge in [-0.1, -0.05) is 42.8 Å². The number of rotatable bonds is 4. The second-order valence-corrected chi connectivity index (χ2v) is 5.39. The molecule has 0 saturated carbocycles. The summed E-state index contributed by atoms with van der Waals surface area (Å²) in [5, 5.41) is 6.77. The first-order chi connectivity index (χ1) is 10.1. The Balaban J connectivity index is 2.01. The molecular weight excluding hydrogens is 283 g/mol. The van der Waals surface area contributed by atoms with Crippen LogP contribution in [0.4, 0.5) is 10.1 Å². The van der Waals surface area contributed by atoms with E-state index in [4.69, 9.17) is 12.2 Å². The van der Waals surface area contributed by atoms with Gasteiger partial charge < -0.3 is 10.6 Å². The minimum atomic E-state index is -0.284. The molecule has 0 amide bonds. The van der Waals surface area contributed by atoms with Crippen molar-refractivity contribution in [2.75, 3.05) is 5.32 Å². The van der Waals surface area contributed by atoms with Crippen LogP contribution in [0, 0.1) is 12.7 Å². The molecule has 4 heteroatoms. The summed E-state index contributed by atoms with van der Waals surface area (Å²) in [5.41, 5.74) is 3.06. The zero-order chi connectivity index (χ0) is 15.2. The van der Waals surface area contributed by atoms with Crippen molar-refractivity contribution in [1.29, 1.82) is 0 Å². The fourth-order valence-electron chi connectivity index (χ4n) is 2.11. The van der Waals surface area contributed by atoms with E-state index in [9.17, 15) is 4.39 Å². The van der Waals surface area contributed by atoms with Gasteiger partial charge in [0.1, 0.15) is 5.82 Å². The van der Waals surface area contributed by atoms with Crippen molar-refractivity contribution in [2.24, 2.45) is 0 Å². The fraction of sp³-hybridized carbons (Fsp3) is 0.235. The molecule has 21 heavy (non-hydrogen) atoms. The molecule has 2 rings (SSSR count). The Morgan fingerprint density at radius 1 is 1.19 bits per heavy atom. The lowest BCUT2D eigenvalue weighted by Crippen LogP contribution is -2.32. The maximum absolute atomic E-state index is 13.1. The van der Waals surface area contributed by atoms with Crippen molar-refractivity contribution >= 4 is 23.0 Å². The van der Waals surface area contributed by atoms with Gasteiger partial charge in [-0.15, -0.1) is 0 Å². The molecule has 0 bridgehead atoms. The molecular formula is C17H19FN2S. The molecule has 0 aliphatic heterocycles. The summed E-state index contributed by atoms with van der Waals surface area (Å²) in [6.45, 7) is 4.16. The van der Waals surface area contributed by atoms with Crippen LogP contribution >= 0.6 is 12.2 Å². The maximum atomic E-state index is 13.1. The zero-order valence-electron chi connectivity index (χ0n) is 12.2. The lowest BCUT2D eigenvalue weighted by Gasteiger charge is -2.20. The van der Waals surface area contributed by atoms with Gasteiger partial charge in [0.15, 0.2) is 5.11 Å². The van der Waals surface area contributed by atoms with E-state index in [-0.39, 0.29) is 11.9 Å². The molecule has 0 fully saturated rings. The SMILES string of the molecule is CCC(NC(=S)Nc1cccc(F)c1)c1ccc(C)cc1. The first-order valence-electron chi connectivity index (χ1n) is 6.98. The second-order valence-electron chi connectivity index (χ2n) is 4.98. The summed E-state index contributed by atoms with van der Waals surface area (Å²) < 4.78 is 13.1. The topological polar surface area (TPSA) is 24.1 Å². The van der Waals surface area contributed by atoms with Gasteiger partial charge in [-0.2, -0.15) is 0 Å². The molecule has 0 heterocycles. The van der Waals surface area contributed by atoms with Gasteiger partial charge in [0.25, 0.3) is 0 Å². The Labute approximate surface area is 130 Å². The van der Waals surface area contributed by atoms with Gasteiger partial charge in [0.05, 0.1) is 6.04 Å². The number of nitrogens with one attached hydrogen (secondary N) is 2. The average molecular weight is 302 g/mol. The summed E-state index contributed by atoms with van der Waals surface area (Å²) in [5.74, 6) is -0.284. The molecule has 1 unspecified atom stereocenters. The lowest BCUT2D eigenvalue weighted by molar-refractivity contribution is 0.626. The third-order valence-electron chi connectivity index (χ3n) is 3.28. The number of aryl methyl sites for hydroxylation is 1. The van der Waals surface area contributed by atoms with Crippen molar-refractivity contribution < 1.29 is 4.39 Å². The van der Waals surface area contributed by atoms with Crippen LogP contribution in [0.15, 0.2) is 48.5 Å². The van der Waals surface area contributed by atoms with Gasteiger partial charge >= 0.3 is 0 Å². The molecule has 0 spiro atoms. The van der Waals surface area contributed by atoms with Gasteiger partial charge in [0, 0.05) is 5.69 Å². The van der Waals surface area contributed by atoms with E-state index in [1.807, 2.05) is 0 Å². The summed E-state index contributed by atoms with van der Waals surface area (Å²) in [6, 6.07) is 14.8. The number of benzene rings is 2. The van der Waals surface area contributed by atoms with E-state index in [1.165, 1.54) is 23.3 Å². The number of thiocarbonyl (C=S) groups is 1. The normalized spacial score (nSPS) is 11.8. The average Bonchev–Trinajstić information content (AvgIpc) is 2.46. The highest BCUT2D eigenvalue weighted by Gasteiger charge is 2.10. The molecule has 0 aliphatic carbocycles. The van der Waals surface area contributed by atoms with Gasteiger partial charge in [0.2, 0.25) is 0 Å². The number of hydrogen-bond donors (Lipinski definition) is 2. The fourth-order valence-corrected chi connectivity index (χ4v) is 2.37. The van der Waals surface area contributed by atoms with E-state index < -0.39 is 0 Å². The molecule has 2 aromatic carbocycles.